The summed E-state index contributed by atoms with van der Waals surface area (Å²) in [6.45, 7) is 2.08. The summed E-state index contributed by atoms with van der Waals surface area (Å²) in [6, 6.07) is 0. The maximum atomic E-state index is 12.1. The third-order valence-corrected chi connectivity index (χ3v) is 2.03. The second-order valence-corrected chi connectivity index (χ2v) is 3.69. The average Bonchev–Trinajstić information content (AvgIpc) is 1.99. The lowest BCUT2D eigenvalue weighted by atomic mass is 10.1. The molecule has 0 heterocycles. The smallest absolute Gasteiger partial charge is 0.401 e. The fraction of sp³-hybridized carbons (Fsp3) is 0.889. The van der Waals surface area contributed by atoms with E-state index >= 15 is 0 Å². The first kappa shape index (κ1) is 14.2. The fourth-order valence-corrected chi connectivity index (χ4v) is 1.20. The van der Waals surface area contributed by atoms with Gasteiger partial charge in [-0.3, -0.25) is 9.69 Å². The highest BCUT2D eigenvalue weighted by Gasteiger charge is 2.31. The lowest BCUT2D eigenvalue weighted by Gasteiger charge is -2.24. The van der Waals surface area contributed by atoms with E-state index in [1.54, 1.807) is 6.92 Å². The van der Waals surface area contributed by atoms with Crippen LogP contribution in [-0.4, -0.2) is 41.8 Å². The highest BCUT2D eigenvalue weighted by Crippen LogP contribution is 2.17. The molecule has 0 spiro atoms. The van der Waals surface area contributed by atoms with Gasteiger partial charge < -0.3 is 5.11 Å². The molecule has 0 aromatic heterocycles. The Labute approximate surface area is 86.9 Å². The zero-order valence-corrected chi connectivity index (χ0v) is 8.84. The van der Waals surface area contributed by atoms with E-state index in [1.807, 2.05) is 6.92 Å². The Morgan fingerprint density at radius 2 is 2.00 bits per heavy atom. The number of alkyl halides is 3. The van der Waals surface area contributed by atoms with Crippen LogP contribution in [-0.2, 0) is 4.79 Å². The van der Waals surface area contributed by atoms with Crippen LogP contribution in [0, 0.1) is 5.92 Å². The number of aliphatic carboxylic acids is 1. The van der Waals surface area contributed by atoms with Crippen LogP contribution in [0.4, 0.5) is 13.2 Å². The molecule has 0 aromatic carbocycles. The van der Waals surface area contributed by atoms with Crippen molar-refractivity contribution < 1.29 is 23.1 Å². The van der Waals surface area contributed by atoms with E-state index in [9.17, 15) is 18.0 Å². The number of rotatable bonds is 6. The van der Waals surface area contributed by atoms with Crippen molar-refractivity contribution in [3.8, 4) is 0 Å². The molecule has 15 heavy (non-hydrogen) atoms. The van der Waals surface area contributed by atoms with Crippen molar-refractivity contribution in [3.63, 3.8) is 0 Å². The zero-order valence-electron chi connectivity index (χ0n) is 8.84. The predicted octanol–water partition coefficient (Wildman–Crippen LogP) is 1.98. The molecule has 1 N–H and O–H groups in total. The number of carbonyl (C=O) groups is 1. The molecule has 3 nitrogen and oxygen atoms in total. The van der Waals surface area contributed by atoms with Crippen LogP contribution in [0.2, 0.25) is 0 Å². The van der Waals surface area contributed by atoms with Gasteiger partial charge in [-0.15, -0.1) is 0 Å². The molecular formula is C9H16F3NO2. The summed E-state index contributed by atoms with van der Waals surface area (Å²) in [5.41, 5.74) is 0. The van der Waals surface area contributed by atoms with Gasteiger partial charge in [0.1, 0.15) is 0 Å². The van der Waals surface area contributed by atoms with E-state index in [1.165, 1.54) is 0 Å². The summed E-state index contributed by atoms with van der Waals surface area (Å²) >= 11 is 0. The van der Waals surface area contributed by atoms with Gasteiger partial charge in [0, 0.05) is 6.54 Å². The first-order valence-electron chi connectivity index (χ1n) is 4.75. The minimum Gasteiger partial charge on any atom is -0.480 e. The van der Waals surface area contributed by atoms with Crippen LogP contribution < -0.4 is 0 Å². The van der Waals surface area contributed by atoms with Crippen LogP contribution in [0.1, 0.15) is 20.3 Å². The summed E-state index contributed by atoms with van der Waals surface area (Å²) in [5, 5.41) is 8.46. The van der Waals surface area contributed by atoms with Crippen molar-refractivity contribution in [3.05, 3.63) is 0 Å². The Balaban J connectivity index is 4.24. The maximum absolute atomic E-state index is 12.1. The summed E-state index contributed by atoms with van der Waals surface area (Å²) in [7, 11) is 0. The zero-order chi connectivity index (χ0) is 12.1. The fourth-order valence-electron chi connectivity index (χ4n) is 1.20. The molecule has 0 bridgehead atoms. The molecule has 0 fully saturated rings. The number of nitrogens with zero attached hydrogens (tertiary/aromatic N) is 1. The van der Waals surface area contributed by atoms with Gasteiger partial charge in [0.2, 0.25) is 0 Å². The van der Waals surface area contributed by atoms with Crippen molar-refractivity contribution in [1.29, 1.82) is 0 Å². The van der Waals surface area contributed by atoms with Gasteiger partial charge in [0.05, 0.1) is 13.1 Å². The summed E-state index contributed by atoms with van der Waals surface area (Å²) < 4.78 is 36.2. The maximum Gasteiger partial charge on any atom is 0.401 e. The first-order chi connectivity index (χ1) is 6.74. The standard InChI is InChI=1S/C9H16F3NO2/c1-3-7(2)4-13(5-8(14)15)6-9(10,11)12/h7H,3-6H2,1-2H3,(H,14,15). The van der Waals surface area contributed by atoms with Crippen LogP contribution in [0.15, 0.2) is 0 Å². The Morgan fingerprint density at radius 1 is 1.47 bits per heavy atom. The van der Waals surface area contributed by atoms with Crippen LogP contribution in [0.3, 0.4) is 0 Å². The molecule has 6 heteroatoms. The van der Waals surface area contributed by atoms with E-state index < -0.39 is 25.2 Å². The number of hydrogen-bond donors (Lipinski definition) is 1. The van der Waals surface area contributed by atoms with E-state index in [0.717, 1.165) is 11.3 Å². The molecule has 0 rings (SSSR count). The SMILES string of the molecule is CCC(C)CN(CC(=O)O)CC(F)(F)F. The van der Waals surface area contributed by atoms with Gasteiger partial charge in [0.15, 0.2) is 0 Å². The third-order valence-electron chi connectivity index (χ3n) is 2.03. The minimum absolute atomic E-state index is 0.0618. The molecule has 0 aliphatic carbocycles. The van der Waals surface area contributed by atoms with Crippen LogP contribution >= 0.6 is 0 Å². The van der Waals surface area contributed by atoms with E-state index in [0.29, 0.717) is 0 Å². The molecule has 0 aliphatic heterocycles. The van der Waals surface area contributed by atoms with Crippen molar-refractivity contribution in [1.82, 2.24) is 4.90 Å². The van der Waals surface area contributed by atoms with Gasteiger partial charge in [-0.2, -0.15) is 13.2 Å². The lowest BCUT2D eigenvalue weighted by molar-refractivity contribution is -0.154. The highest BCUT2D eigenvalue weighted by molar-refractivity contribution is 5.69. The highest BCUT2D eigenvalue weighted by atomic mass is 19.4. The Kier molecular flexibility index (Phi) is 5.64. The largest absolute Gasteiger partial charge is 0.480 e. The third kappa shape index (κ3) is 8.23. The second kappa shape index (κ2) is 5.95. The molecule has 90 valence electrons. The van der Waals surface area contributed by atoms with Crippen LogP contribution in [0.25, 0.3) is 0 Å². The summed E-state index contributed by atoms with van der Waals surface area (Å²) in [6.07, 6.45) is -3.61. The number of halogens is 3. The molecule has 1 unspecified atom stereocenters. The van der Waals surface area contributed by atoms with Crippen molar-refractivity contribution in [2.24, 2.45) is 5.92 Å². The van der Waals surface area contributed by atoms with Crippen molar-refractivity contribution in [2.75, 3.05) is 19.6 Å². The molecule has 0 aromatic rings. The topological polar surface area (TPSA) is 40.5 Å². The van der Waals surface area contributed by atoms with Gasteiger partial charge in [0.25, 0.3) is 0 Å². The van der Waals surface area contributed by atoms with E-state index in [4.69, 9.17) is 5.11 Å². The number of carboxylic acid groups (broad SMARTS) is 1. The van der Waals surface area contributed by atoms with Gasteiger partial charge in [-0.25, -0.2) is 0 Å². The molecule has 0 aliphatic rings. The minimum atomic E-state index is -4.34. The van der Waals surface area contributed by atoms with E-state index in [-0.39, 0.29) is 12.5 Å². The monoisotopic (exact) mass is 227 g/mol. The molecule has 0 radical (unpaired) electrons. The van der Waals surface area contributed by atoms with Crippen molar-refractivity contribution in [2.45, 2.75) is 26.4 Å². The summed E-state index contributed by atoms with van der Waals surface area (Å²) in [5.74, 6) is -1.17. The van der Waals surface area contributed by atoms with Crippen molar-refractivity contribution >= 4 is 5.97 Å². The lowest BCUT2D eigenvalue weighted by Crippen LogP contribution is -2.40. The Bertz CT molecular complexity index is 206. The normalized spacial score (nSPS) is 14.3. The Hall–Kier alpha value is -0.780. The molecule has 0 saturated heterocycles. The summed E-state index contributed by atoms with van der Waals surface area (Å²) in [4.78, 5) is 11.3. The predicted molar refractivity (Wildman–Crippen MR) is 49.6 cm³/mol. The molecule has 0 saturated carbocycles. The average molecular weight is 227 g/mol. The molecular weight excluding hydrogens is 211 g/mol. The van der Waals surface area contributed by atoms with Gasteiger partial charge in [-0.1, -0.05) is 20.3 Å². The number of carboxylic acids is 1. The Morgan fingerprint density at radius 3 is 2.33 bits per heavy atom. The molecule has 1 atom stereocenters. The van der Waals surface area contributed by atoms with Gasteiger partial charge >= 0.3 is 12.1 Å². The second-order valence-electron chi connectivity index (χ2n) is 3.69. The quantitative estimate of drug-likeness (QED) is 0.754. The number of hydrogen-bond acceptors (Lipinski definition) is 2. The van der Waals surface area contributed by atoms with E-state index in [2.05, 4.69) is 0 Å². The molecule has 0 amide bonds. The van der Waals surface area contributed by atoms with Gasteiger partial charge in [-0.05, 0) is 5.92 Å². The van der Waals surface area contributed by atoms with Crippen LogP contribution in [0.5, 0.6) is 0 Å². The first-order valence-corrected chi connectivity index (χ1v) is 4.75.